The zero-order valence-corrected chi connectivity index (χ0v) is 8.77. The molecule has 0 bridgehead atoms. The van der Waals surface area contributed by atoms with Gasteiger partial charge in [-0.05, 0) is 24.8 Å². The molecule has 0 aliphatic heterocycles. The third kappa shape index (κ3) is 3.00. The van der Waals surface area contributed by atoms with Crippen LogP contribution in [0.3, 0.4) is 0 Å². The Kier molecular flexibility index (Phi) is 3.89. The van der Waals surface area contributed by atoms with Crippen LogP contribution in [0.25, 0.3) is 0 Å². The van der Waals surface area contributed by atoms with Crippen molar-refractivity contribution in [2.45, 2.75) is 32.8 Å². The average molecular weight is 194 g/mol. The molecule has 78 valence electrons. The number of hydrogen-bond donors (Lipinski definition) is 2. The van der Waals surface area contributed by atoms with Crippen molar-refractivity contribution in [2.24, 2.45) is 5.92 Å². The van der Waals surface area contributed by atoms with Crippen LogP contribution in [0.1, 0.15) is 38.4 Å². The van der Waals surface area contributed by atoms with E-state index >= 15 is 0 Å². The minimum absolute atomic E-state index is 0.434. The van der Waals surface area contributed by atoms with E-state index in [1.807, 2.05) is 6.07 Å². The topological polar surface area (TPSA) is 59.1 Å². The first-order valence-corrected chi connectivity index (χ1v) is 4.99. The second kappa shape index (κ2) is 4.96. The summed E-state index contributed by atoms with van der Waals surface area (Å²) in [5, 5.41) is 9.83. The van der Waals surface area contributed by atoms with Crippen LogP contribution in [0.4, 0.5) is 5.82 Å². The Morgan fingerprint density at radius 3 is 2.71 bits per heavy atom. The maximum atomic E-state index is 9.83. The lowest BCUT2D eigenvalue weighted by molar-refractivity contribution is 0.159. The number of aliphatic hydroxyl groups is 1. The van der Waals surface area contributed by atoms with Gasteiger partial charge in [0.25, 0.3) is 0 Å². The molecule has 1 heterocycles. The van der Waals surface area contributed by atoms with Crippen LogP contribution in [0, 0.1) is 5.92 Å². The van der Waals surface area contributed by atoms with E-state index < -0.39 is 6.10 Å². The van der Waals surface area contributed by atoms with Crippen molar-refractivity contribution < 1.29 is 5.11 Å². The highest BCUT2D eigenvalue weighted by molar-refractivity contribution is 5.39. The van der Waals surface area contributed by atoms with Gasteiger partial charge < -0.3 is 10.8 Å². The van der Waals surface area contributed by atoms with Crippen LogP contribution >= 0.6 is 0 Å². The number of aromatic nitrogens is 1. The molecular weight excluding hydrogens is 176 g/mol. The number of anilines is 1. The van der Waals surface area contributed by atoms with E-state index in [1.54, 1.807) is 12.3 Å². The number of rotatable bonds is 4. The van der Waals surface area contributed by atoms with Crippen molar-refractivity contribution in [2.75, 3.05) is 5.73 Å². The van der Waals surface area contributed by atoms with E-state index in [0.717, 1.165) is 18.4 Å². The molecule has 14 heavy (non-hydrogen) atoms. The molecule has 3 nitrogen and oxygen atoms in total. The lowest BCUT2D eigenvalue weighted by Gasteiger charge is -2.13. The molecule has 0 radical (unpaired) electrons. The number of hydrogen-bond acceptors (Lipinski definition) is 3. The van der Waals surface area contributed by atoms with Gasteiger partial charge in [-0.25, -0.2) is 4.98 Å². The van der Waals surface area contributed by atoms with Gasteiger partial charge in [-0.3, -0.25) is 0 Å². The molecule has 0 spiro atoms. The summed E-state index contributed by atoms with van der Waals surface area (Å²) in [6, 6.07) is 3.62. The molecule has 0 aromatic carbocycles. The zero-order valence-electron chi connectivity index (χ0n) is 8.77. The molecule has 0 saturated heterocycles. The summed E-state index contributed by atoms with van der Waals surface area (Å²) < 4.78 is 0. The summed E-state index contributed by atoms with van der Waals surface area (Å²) in [6.45, 7) is 4.28. The van der Waals surface area contributed by atoms with Crippen LogP contribution < -0.4 is 5.73 Å². The van der Waals surface area contributed by atoms with E-state index in [-0.39, 0.29) is 0 Å². The summed E-state index contributed by atoms with van der Waals surface area (Å²) in [5.74, 6) is 1.03. The van der Waals surface area contributed by atoms with Gasteiger partial charge in [-0.1, -0.05) is 19.9 Å². The molecule has 0 fully saturated rings. The van der Waals surface area contributed by atoms with Gasteiger partial charge >= 0.3 is 0 Å². The average Bonchev–Trinajstić information content (AvgIpc) is 2.15. The van der Waals surface area contributed by atoms with Crippen molar-refractivity contribution in [1.82, 2.24) is 4.98 Å². The molecule has 0 amide bonds. The van der Waals surface area contributed by atoms with Crippen molar-refractivity contribution in [1.29, 1.82) is 0 Å². The Balaban J connectivity index is 2.60. The SMILES string of the molecule is CC(C)CCC(O)c1cccnc1N. The van der Waals surface area contributed by atoms with Crippen LogP contribution in [-0.4, -0.2) is 10.1 Å². The van der Waals surface area contributed by atoms with Crippen LogP contribution in [-0.2, 0) is 0 Å². The Labute approximate surface area is 85.0 Å². The molecular formula is C11H18N2O. The van der Waals surface area contributed by atoms with E-state index in [4.69, 9.17) is 5.73 Å². The van der Waals surface area contributed by atoms with Crippen LogP contribution in [0.2, 0.25) is 0 Å². The number of nitrogen functional groups attached to an aromatic ring is 1. The maximum absolute atomic E-state index is 9.83. The first-order chi connectivity index (χ1) is 6.61. The predicted molar refractivity (Wildman–Crippen MR) is 57.7 cm³/mol. The van der Waals surface area contributed by atoms with Gasteiger partial charge in [-0.15, -0.1) is 0 Å². The fraction of sp³-hybridized carbons (Fsp3) is 0.545. The van der Waals surface area contributed by atoms with Crippen molar-refractivity contribution in [3.05, 3.63) is 23.9 Å². The second-order valence-corrected chi connectivity index (χ2v) is 3.96. The van der Waals surface area contributed by atoms with Crippen LogP contribution in [0.15, 0.2) is 18.3 Å². The van der Waals surface area contributed by atoms with Gasteiger partial charge in [0.1, 0.15) is 5.82 Å². The number of aliphatic hydroxyl groups excluding tert-OH is 1. The summed E-state index contributed by atoms with van der Waals surface area (Å²) in [7, 11) is 0. The summed E-state index contributed by atoms with van der Waals surface area (Å²) in [6.07, 6.45) is 2.89. The highest BCUT2D eigenvalue weighted by Crippen LogP contribution is 2.23. The first-order valence-electron chi connectivity index (χ1n) is 4.99. The standard InChI is InChI=1S/C11H18N2O/c1-8(2)5-6-10(14)9-4-3-7-13-11(9)12/h3-4,7-8,10,14H,5-6H2,1-2H3,(H2,12,13). The third-order valence-electron chi connectivity index (χ3n) is 2.25. The first kappa shape index (κ1) is 11.0. The van der Waals surface area contributed by atoms with E-state index in [1.165, 1.54) is 0 Å². The highest BCUT2D eigenvalue weighted by atomic mass is 16.3. The zero-order chi connectivity index (χ0) is 10.6. The summed E-state index contributed by atoms with van der Waals surface area (Å²) >= 11 is 0. The number of nitrogens with zero attached hydrogens (tertiary/aromatic N) is 1. The normalized spacial score (nSPS) is 13.1. The molecule has 1 aromatic rings. The molecule has 0 aliphatic carbocycles. The Bertz CT molecular complexity index is 286. The molecule has 3 heteroatoms. The number of nitrogens with two attached hydrogens (primary N) is 1. The highest BCUT2D eigenvalue weighted by Gasteiger charge is 2.11. The van der Waals surface area contributed by atoms with E-state index in [9.17, 15) is 5.11 Å². The minimum atomic E-state index is -0.480. The van der Waals surface area contributed by atoms with Gasteiger partial charge in [0.05, 0.1) is 6.10 Å². The predicted octanol–water partition coefficient (Wildman–Crippen LogP) is 2.13. The Morgan fingerprint density at radius 2 is 2.14 bits per heavy atom. The second-order valence-electron chi connectivity index (χ2n) is 3.96. The maximum Gasteiger partial charge on any atom is 0.129 e. The summed E-state index contributed by atoms with van der Waals surface area (Å²) in [4.78, 5) is 3.95. The van der Waals surface area contributed by atoms with Gasteiger partial charge in [-0.2, -0.15) is 0 Å². The van der Waals surface area contributed by atoms with E-state index in [2.05, 4.69) is 18.8 Å². The molecule has 1 unspecified atom stereocenters. The Morgan fingerprint density at radius 1 is 1.43 bits per heavy atom. The van der Waals surface area contributed by atoms with Crippen molar-refractivity contribution in [3.8, 4) is 0 Å². The molecule has 3 N–H and O–H groups in total. The van der Waals surface area contributed by atoms with Crippen LogP contribution in [0.5, 0.6) is 0 Å². The monoisotopic (exact) mass is 194 g/mol. The fourth-order valence-electron chi connectivity index (χ4n) is 1.36. The van der Waals surface area contributed by atoms with Gasteiger partial charge in [0.15, 0.2) is 0 Å². The fourth-order valence-corrected chi connectivity index (χ4v) is 1.36. The lowest BCUT2D eigenvalue weighted by Crippen LogP contribution is -2.04. The van der Waals surface area contributed by atoms with Crippen molar-refractivity contribution >= 4 is 5.82 Å². The third-order valence-corrected chi connectivity index (χ3v) is 2.25. The molecule has 1 atom stereocenters. The van der Waals surface area contributed by atoms with Gasteiger partial charge in [0, 0.05) is 11.8 Å². The van der Waals surface area contributed by atoms with Crippen molar-refractivity contribution in [3.63, 3.8) is 0 Å². The largest absolute Gasteiger partial charge is 0.388 e. The summed E-state index contributed by atoms with van der Waals surface area (Å²) in [5.41, 5.74) is 6.40. The Hall–Kier alpha value is -1.09. The lowest BCUT2D eigenvalue weighted by atomic mass is 10.0. The quantitative estimate of drug-likeness (QED) is 0.772. The number of pyridine rings is 1. The van der Waals surface area contributed by atoms with E-state index in [0.29, 0.717) is 11.7 Å². The molecule has 1 rings (SSSR count). The molecule has 1 aromatic heterocycles. The molecule has 0 aliphatic rings. The smallest absolute Gasteiger partial charge is 0.129 e. The van der Waals surface area contributed by atoms with Gasteiger partial charge in [0.2, 0.25) is 0 Å². The minimum Gasteiger partial charge on any atom is -0.388 e. The molecule has 0 saturated carbocycles.